The molecule has 0 unspecified atom stereocenters. The van der Waals surface area contributed by atoms with Crippen molar-refractivity contribution in [2.75, 3.05) is 25.3 Å². The highest BCUT2D eigenvalue weighted by Gasteiger charge is 2.10. The Morgan fingerprint density at radius 2 is 1.86 bits per heavy atom. The molecule has 0 saturated heterocycles. The van der Waals surface area contributed by atoms with E-state index in [1.807, 2.05) is 6.07 Å². The second-order valence-electron chi connectivity index (χ2n) is 4.65. The van der Waals surface area contributed by atoms with Gasteiger partial charge in [0.1, 0.15) is 0 Å². The summed E-state index contributed by atoms with van der Waals surface area (Å²) in [5.74, 6) is 1.00. The van der Waals surface area contributed by atoms with Crippen LogP contribution in [0.3, 0.4) is 0 Å². The quantitative estimate of drug-likeness (QED) is 0.830. The van der Waals surface area contributed by atoms with E-state index in [9.17, 15) is 4.79 Å². The van der Waals surface area contributed by atoms with Crippen LogP contribution in [0, 0.1) is 0 Å². The Hall–Kier alpha value is -2.40. The standard InChI is InChI=1S/C16H17ClN2O3/c1-21-14-6-3-10(7-15(14)22-2)8-16(20)19-13-9-11(18)4-5-12(13)17/h3-7,9H,8,18H2,1-2H3,(H,19,20). The van der Waals surface area contributed by atoms with Gasteiger partial charge in [0.25, 0.3) is 0 Å². The van der Waals surface area contributed by atoms with Crippen molar-refractivity contribution in [1.29, 1.82) is 0 Å². The van der Waals surface area contributed by atoms with Gasteiger partial charge in [-0.2, -0.15) is 0 Å². The number of nitrogens with two attached hydrogens (primary N) is 1. The van der Waals surface area contributed by atoms with E-state index in [1.54, 1.807) is 44.6 Å². The first kappa shape index (κ1) is 16.0. The molecule has 0 aromatic heterocycles. The van der Waals surface area contributed by atoms with Gasteiger partial charge < -0.3 is 20.5 Å². The number of hydrogen-bond donors (Lipinski definition) is 2. The fourth-order valence-electron chi connectivity index (χ4n) is 2.01. The third-order valence-corrected chi connectivity index (χ3v) is 3.41. The van der Waals surface area contributed by atoms with E-state index < -0.39 is 0 Å². The number of carbonyl (C=O) groups excluding carboxylic acids is 1. The number of methoxy groups -OCH3 is 2. The van der Waals surface area contributed by atoms with Crippen LogP contribution >= 0.6 is 11.6 Å². The van der Waals surface area contributed by atoms with E-state index in [-0.39, 0.29) is 12.3 Å². The van der Waals surface area contributed by atoms with Crippen LogP contribution in [0.5, 0.6) is 11.5 Å². The first-order chi connectivity index (χ1) is 10.5. The Labute approximate surface area is 134 Å². The number of nitrogen functional groups attached to an aromatic ring is 1. The van der Waals surface area contributed by atoms with Crippen molar-refractivity contribution < 1.29 is 14.3 Å². The predicted molar refractivity (Wildman–Crippen MR) is 87.7 cm³/mol. The molecule has 0 radical (unpaired) electrons. The minimum absolute atomic E-state index is 0.186. The van der Waals surface area contributed by atoms with E-state index in [0.717, 1.165) is 5.56 Å². The average Bonchev–Trinajstić information content (AvgIpc) is 2.50. The van der Waals surface area contributed by atoms with Crippen LogP contribution in [0.2, 0.25) is 5.02 Å². The van der Waals surface area contributed by atoms with Gasteiger partial charge in [-0.1, -0.05) is 17.7 Å². The molecule has 0 bridgehead atoms. The molecular formula is C16H17ClN2O3. The lowest BCUT2D eigenvalue weighted by Gasteiger charge is -2.11. The maximum atomic E-state index is 12.1. The van der Waals surface area contributed by atoms with Crippen LogP contribution in [0.1, 0.15) is 5.56 Å². The van der Waals surface area contributed by atoms with Crippen LogP contribution in [-0.2, 0) is 11.2 Å². The summed E-state index contributed by atoms with van der Waals surface area (Å²) >= 11 is 6.02. The van der Waals surface area contributed by atoms with Crippen molar-refractivity contribution >= 4 is 28.9 Å². The molecule has 0 atom stereocenters. The van der Waals surface area contributed by atoms with Gasteiger partial charge in [0, 0.05) is 5.69 Å². The Morgan fingerprint density at radius 3 is 2.55 bits per heavy atom. The molecule has 0 aliphatic carbocycles. The first-order valence-corrected chi connectivity index (χ1v) is 6.97. The number of nitrogens with one attached hydrogen (secondary N) is 1. The van der Waals surface area contributed by atoms with Crippen molar-refractivity contribution in [3.63, 3.8) is 0 Å². The van der Waals surface area contributed by atoms with Crippen molar-refractivity contribution in [2.24, 2.45) is 0 Å². The van der Waals surface area contributed by atoms with E-state index in [0.29, 0.717) is 27.9 Å². The first-order valence-electron chi connectivity index (χ1n) is 6.59. The number of hydrogen-bond acceptors (Lipinski definition) is 4. The van der Waals surface area contributed by atoms with Gasteiger partial charge in [-0.25, -0.2) is 0 Å². The molecule has 0 heterocycles. The molecular weight excluding hydrogens is 304 g/mol. The lowest BCUT2D eigenvalue weighted by molar-refractivity contribution is -0.115. The van der Waals surface area contributed by atoms with E-state index in [4.69, 9.17) is 26.8 Å². The SMILES string of the molecule is COc1ccc(CC(=O)Nc2cc(N)ccc2Cl)cc1OC. The Kier molecular flexibility index (Phi) is 5.12. The van der Waals surface area contributed by atoms with Crippen molar-refractivity contribution in [3.8, 4) is 11.5 Å². The largest absolute Gasteiger partial charge is 0.493 e. The van der Waals surface area contributed by atoms with Crippen LogP contribution in [0.25, 0.3) is 0 Å². The zero-order chi connectivity index (χ0) is 16.1. The molecule has 22 heavy (non-hydrogen) atoms. The van der Waals surface area contributed by atoms with Gasteiger partial charge in [-0.3, -0.25) is 4.79 Å². The fourth-order valence-corrected chi connectivity index (χ4v) is 2.17. The summed E-state index contributed by atoms with van der Waals surface area (Å²) in [6.45, 7) is 0. The third-order valence-electron chi connectivity index (χ3n) is 3.08. The van der Waals surface area contributed by atoms with Gasteiger partial charge in [0.2, 0.25) is 5.91 Å². The van der Waals surface area contributed by atoms with Crippen LogP contribution < -0.4 is 20.5 Å². The number of halogens is 1. The minimum Gasteiger partial charge on any atom is -0.493 e. The number of benzene rings is 2. The van der Waals surface area contributed by atoms with Crippen LogP contribution in [0.15, 0.2) is 36.4 Å². The minimum atomic E-state index is -0.195. The molecule has 0 spiro atoms. The smallest absolute Gasteiger partial charge is 0.228 e. The molecule has 1 amide bonds. The summed E-state index contributed by atoms with van der Waals surface area (Å²) in [5, 5.41) is 3.18. The number of anilines is 2. The van der Waals surface area contributed by atoms with Gasteiger partial charge >= 0.3 is 0 Å². The van der Waals surface area contributed by atoms with Crippen molar-refractivity contribution in [2.45, 2.75) is 6.42 Å². The predicted octanol–water partition coefficient (Wildman–Crippen LogP) is 3.12. The zero-order valence-corrected chi connectivity index (χ0v) is 13.1. The van der Waals surface area contributed by atoms with E-state index in [2.05, 4.69) is 5.32 Å². The summed E-state index contributed by atoms with van der Waals surface area (Å²) in [4.78, 5) is 12.1. The maximum absolute atomic E-state index is 12.1. The van der Waals surface area contributed by atoms with Crippen molar-refractivity contribution in [1.82, 2.24) is 0 Å². The van der Waals surface area contributed by atoms with Gasteiger partial charge in [-0.05, 0) is 35.9 Å². The molecule has 5 nitrogen and oxygen atoms in total. The highest BCUT2D eigenvalue weighted by molar-refractivity contribution is 6.33. The molecule has 0 aliphatic heterocycles. The molecule has 0 aliphatic rings. The molecule has 2 aromatic rings. The van der Waals surface area contributed by atoms with E-state index in [1.165, 1.54) is 0 Å². The summed E-state index contributed by atoms with van der Waals surface area (Å²) < 4.78 is 10.4. The van der Waals surface area contributed by atoms with Crippen LogP contribution in [0.4, 0.5) is 11.4 Å². The Bertz CT molecular complexity index is 689. The second-order valence-corrected chi connectivity index (χ2v) is 5.06. The number of ether oxygens (including phenoxy) is 2. The molecule has 2 rings (SSSR count). The van der Waals surface area contributed by atoms with Crippen LogP contribution in [-0.4, -0.2) is 20.1 Å². The highest BCUT2D eigenvalue weighted by atomic mass is 35.5. The fraction of sp³-hybridized carbons (Fsp3) is 0.188. The summed E-state index contributed by atoms with van der Waals surface area (Å²) in [6.07, 6.45) is 0.186. The van der Waals surface area contributed by atoms with Gasteiger partial charge in [0.15, 0.2) is 11.5 Å². The van der Waals surface area contributed by atoms with Gasteiger partial charge in [-0.15, -0.1) is 0 Å². The second kappa shape index (κ2) is 7.04. The molecule has 6 heteroatoms. The number of amides is 1. The normalized spacial score (nSPS) is 10.1. The Morgan fingerprint density at radius 1 is 1.14 bits per heavy atom. The lowest BCUT2D eigenvalue weighted by Crippen LogP contribution is -2.15. The van der Waals surface area contributed by atoms with Gasteiger partial charge in [0.05, 0.1) is 31.4 Å². The van der Waals surface area contributed by atoms with Crippen molar-refractivity contribution in [3.05, 3.63) is 47.0 Å². The number of carbonyl (C=O) groups is 1. The lowest BCUT2D eigenvalue weighted by atomic mass is 10.1. The average molecular weight is 321 g/mol. The molecule has 116 valence electrons. The molecule has 0 fully saturated rings. The molecule has 2 aromatic carbocycles. The monoisotopic (exact) mass is 320 g/mol. The maximum Gasteiger partial charge on any atom is 0.228 e. The highest BCUT2D eigenvalue weighted by Crippen LogP contribution is 2.28. The molecule has 3 N–H and O–H groups in total. The third kappa shape index (κ3) is 3.83. The topological polar surface area (TPSA) is 73.6 Å². The zero-order valence-electron chi connectivity index (χ0n) is 12.4. The number of rotatable bonds is 5. The summed E-state index contributed by atoms with van der Waals surface area (Å²) in [5.41, 5.74) is 7.51. The van der Waals surface area contributed by atoms with E-state index >= 15 is 0 Å². The summed E-state index contributed by atoms with van der Waals surface area (Å²) in [6, 6.07) is 10.3. The molecule has 0 saturated carbocycles. The summed E-state index contributed by atoms with van der Waals surface area (Å²) in [7, 11) is 3.11. The Balaban J connectivity index is 2.10.